The topological polar surface area (TPSA) is 48.7 Å². The normalized spacial score (nSPS) is 11.2. The number of rotatable bonds is 5. The van der Waals surface area contributed by atoms with Crippen LogP contribution in [0.3, 0.4) is 0 Å². The van der Waals surface area contributed by atoms with Crippen molar-refractivity contribution in [3.05, 3.63) is 74.7 Å². The van der Waals surface area contributed by atoms with E-state index < -0.39 is 0 Å². The van der Waals surface area contributed by atoms with Gasteiger partial charge in [-0.2, -0.15) is 5.26 Å². The van der Waals surface area contributed by atoms with Crippen LogP contribution in [-0.2, 0) is 6.42 Å². The zero-order chi connectivity index (χ0) is 18.5. The number of benzene rings is 2. The second kappa shape index (κ2) is 8.37. The van der Waals surface area contributed by atoms with Gasteiger partial charge in [0, 0.05) is 22.8 Å². The highest BCUT2D eigenvalue weighted by Gasteiger charge is 2.09. The van der Waals surface area contributed by atoms with Crippen molar-refractivity contribution in [2.45, 2.75) is 13.3 Å². The molecule has 130 valence electrons. The SMILES string of the molecule is CCc1ccc(-c2csc(/C(C#N)=C/Nc3ccc(Cl)c(Cl)c3)n2)cc1. The predicted octanol–water partition coefficient (Wildman–Crippen LogP) is 6.66. The molecule has 0 radical (unpaired) electrons. The Morgan fingerprint density at radius 3 is 2.62 bits per heavy atom. The highest BCUT2D eigenvalue weighted by molar-refractivity contribution is 7.11. The predicted molar refractivity (Wildman–Crippen MR) is 111 cm³/mol. The molecule has 3 nitrogen and oxygen atoms in total. The van der Waals surface area contributed by atoms with E-state index >= 15 is 0 Å². The molecule has 0 aliphatic rings. The quantitative estimate of drug-likeness (QED) is 0.488. The van der Waals surface area contributed by atoms with Crippen LogP contribution in [0.15, 0.2) is 54.0 Å². The number of aryl methyl sites for hydroxylation is 1. The number of nitriles is 1. The summed E-state index contributed by atoms with van der Waals surface area (Å²) in [5.74, 6) is 0. The van der Waals surface area contributed by atoms with Gasteiger partial charge in [-0.3, -0.25) is 0 Å². The van der Waals surface area contributed by atoms with E-state index in [0.29, 0.717) is 20.6 Å². The van der Waals surface area contributed by atoms with E-state index in [-0.39, 0.29) is 0 Å². The lowest BCUT2D eigenvalue weighted by molar-refractivity contribution is 1.14. The third kappa shape index (κ3) is 4.25. The maximum atomic E-state index is 9.47. The van der Waals surface area contributed by atoms with Crippen LogP contribution < -0.4 is 5.32 Å². The molecule has 3 aromatic rings. The molecule has 1 N–H and O–H groups in total. The van der Waals surface area contributed by atoms with Gasteiger partial charge < -0.3 is 5.32 Å². The van der Waals surface area contributed by atoms with E-state index in [0.717, 1.165) is 23.4 Å². The molecule has 0 saturated heterocycles. The monoisotopic (exact) mass is 399 g/mol. The Labute approximate surface area is 166 Å². The van der Waals surface area contributed by atoms with Crippen molar-refractivity contribution < 1.29 is 0 Å². The molecular weight excluding hydrogens is 385 g/mol. The number of halogens is 2. The molecule has 0 saturated carbocycles. The van der Waals surface area contributed by atoms with Gasteiger partial charge in [-0.15, -0.1) is 11.3 Å². The van der Waals surface area contributed by atoms with Crippen LogP contribution >= 0.6 is 34.5 Å². The average molecular weight is 400 g/mol. The van der Waals surface area contributed by atoms with Crippen molar-refractivity contribution >= 4 is 45.8 Å². The summed E-state index contributed by atoms with van der Waals surface area (Å²) < 4.78 is 0. The molecular formula is C20H15Cl2N3S. The van der Waals surface area contributed by atoms with Gasteiger partial charge in [0.2, 0.25) is 0 Å². The second-order valence-electron chi connectivity index (χ2n) is 5.53. The molecule has 0 aliphatic carbocycles. The lowest BCUT2D eigenvalue weighted by atomic mass is 10.1. The Bertz CT molecular complexity index is 985. The summed E-state index contributed by atoms with van der Waals surface area (Å²) in [7, 11) is 0. The molecule has 0 unspecified atom stereocenters. The third-order valence-electron chi connectivity index (χ3n) is 3.82. The van der Waals surface area contributed by atoms with Gasteiger partial charge >= 0.3 is 0 Å². The number of thiazole rings is 1. The smallest absolute Gasteiger partial charge is 0.136 e. The standard InChI is InChI=1S/C20H15Cl2N3S/c1-2-13-3-5-14(6-4-13)19-12-26-20(25-19)15(10-23)11-24-16-7-8-17(21)18(22)9-16/h3-9,11-12,24H,2H2,1H3/b15-11+. The highest BCUT2D eigenvalue weighted by Crippen LogP contribution is 2.28. The number of aromatic nitrogens is 1. The fraction of sp³-hybridized carbons (Fsp3) is 0.100. The Hall–Kier alpha value is -2.32. The maximum Gasteiger partial charge on any atom is 0.136 e. The van der Waals surface area contributed by atoms with E-state index in [9.17, 15) is 5.26 Å². The molecule has 0 amide bonds. The number of hydrogen-bond acceptors (Lipinski definition) is 4. The molecule has 6 heteroatoms. The molecule has 0 atom stereocenters. The summed E-state index contributed by atoms with van der Waals surface area (Å²) in [6, 6.07) is 15.7. The minimum Gasteiger partial charge on any atom is -0.360 e. The summed E-state index contributed by atoms with van der Waals surface area (Å²) in [4.78, 5) is 4.59. The van der Waals surface area contributed by atoms with Crippen molar-refractivity contribution in [2.24, 2.45) is 0 Å². The minimum absolute atomic E-state index is 0.454. The molecule has 0 aliphatic heterocycles. The Morgan fingerprint density at radius 1 is 1.19 bits per heavy atom. The molecule has 1 aromatic heterocycles. The van der Waals surface area contributed by atoms with Crippen molar-refractivity contribution in [1.82, 2.24) is 4.98 Å². The third-order valence-corrected chi connectivity index (χ3v) is 5.43. The zero-order valence-corrected chi connectivity index (χ0v) is 16.3. The van der Waals surface area contributed by atoms with Crippen molar-refractivity contribution in [2.75, 3.05) is 5.32 Å². The van der Waals surface area contributed by atoms with Crippen LogP contribution in [0.1, 0.15) is 17.5 Å². The molecule has 2 aromatic carbocycles. The van der Waals surface area contributed by atoms with Gasteiger partial charge in [-0.25, -0.2) is 4.98 Å². The van der Waals surface area contributed by atoms with E-state index in [4.69, 9.17) is 23.2 Å². The van der Waals surface area contributed by atoms with E-state index in [1.807, 2.05) is 5.38 Å². The maximum absolute atomic E-state index is 9.47. The van der Waals surface area contributed by atoms with Gasteiger partial charge in [0.05, 0.1) is 15.7 Å². The van der Waals surface area contributed by atoms with Crippen molar-refractivity contribution in [1.29, 1.82) is 5.26 Å². The van der Waals surface area contributed by atoms with E-state index in [1.54, 1.807) is 24.4 Å². The summed E-state index contributed by atoms with van der Waals surface area (Å²) in [5, 5.41) is 16.1. The summed E-state index contributed by atoms with van der Waals surface area (Å²) in [6.07, 6.45) is 2.63. The van der Waals surface area contributed by atoms with Crippen LogP contribution in [0.5, 0.6) is 0 Å². The first kappa shape index (κ1) is 18.5. The lowest BCUT2D eigenvalue weighted by Crippen LogP contribution is -1.91. The average Bonchev–Trinajstić information content (AvgIpc) is 3.15. The largest absolute Gasteiger partial charge is 0.360 e. The molecule has 0 bridgehead atoms. The number of allylic oxidation sites excluding steroid dienone is 1. The number of anilines is 1. The number of nitrogens with one attached hydrogen (secondary N) is 1. The van der Waals surface area contributed by atoms with E-state index in [1.165, 1.54) is 16.9 Å². The van der Waals surface area contributed by atoms with Crippen LogP contribution in [0, 0.1) is 11.3 Å². The number of nitrogens with zero attached hydrogens (tertiary/aromatic N) is 2. The van der Waals surface area contributed by atoms with Gasteiger partial charge in [-0.1, -0.05) is 54.4 Å². The summed E-state index contributed by atoms with van der Waals surface area (Å²) in [5.41, 5.74) is 4.40. The molecule has 0 spiro atoms. The second-order valence-corrected chi connectivity index (χ2v) is 7.20. The highest BCUT2D eigenvalue weighted by atomic mass is 35.5. The van der Waals surface area contributed by atoms with Crippen LogP contribution in [0.2, 0.25) is 10.0 Å². The first-order valence-electron chi connectivity index (χ1n) is 7.97. The van der Waals surface area contributed by atoms with Crippen LogP contribution in [0.25, 0.3) is 16.8 Å². The number of hydrogen-bond donors (Lipinski definition) is 1. The minimum atomic E-state index is 0.454. The van der Waals surface area contributed by atoms with Crippen molar-refractivity contribution in [3.63, 3.8) is 0 Å². The Kier molecular flexibility index (Phi) is 5.95. The van der Waals surface area contributed by atoms with Gasteiger partial charge in [0.1, 0.15) is 16.6 Å². The molecule has 1 heterocycles. The van der Waals surface area contributed by atoms with E-state index in [2.05, 4.69) is 47.6 Å². The summed E-state index contributed by atoms with van der Waals surface area (Å²) >= 11 is 13.4. The fourth-order valence-electron chi connectivity index (χ4n) is 2.32. The summed E-state index contributed by atoms with van der Waals surface area (Å²) in [6.45, 7) is 2.13. The van der Waals surface area contributed by atoms with Crippen LogP contribution in [-0.4, -0.2) is 4.98 Å². The van der Waals surface area contributed by atoms with Gasteiger partial charge in [0.15, 0.2) is 0 Å². The van der Waals surface area contributed by atoms with Gasteiger partial charge in [-0.05, 0) is 30.2 Å². The fourth-order valence-corrected chi connectivity index (χ4v) is 3.42. The molecule has 26 heavy (non-hydrogen) atoms. The Balaban J connectivity index is 1.81. The van der Waals surface area contributed by atoms with Gasteiger partial charge in [0.25, 0.3) is 0 Å². The lowest BCUT2D eigenvalue weighted by Gasteiger charge is -2.03. The molecule has 3 rings (SSSR count). The van der Waals surface area contributed by atoms with Crippen LogP contribution in [0.4, 0.5) is 5.69 Å². The first-order chi connectivity index (χ1) is 12.6. The molecule has 0 fully saturated rings. The first-order valence-corrected chi connectivity index (χ1v) is 9.61. The van der Waals surface area contributed by atoms with Crippen molar-refractivity contribution in [3.8, 4) is 17.3 Å². The Morgan fingerprint density at radius 2 is 1.96 bits per heavy atom. The zero-order valence-electron chi connectivity index (χ0n) is 14.0.